The predicted molar refractivity (Wildman–Crippen MR) is 118 cm³/mol. The summed E-state index contributed by atoms with van der Waals surface area (Å²) in [5.41, 5.74) is 1.78. The molecule has 0 saturated heterocycles. The maximum atomic E-state index is 13.3. The zero-order valence-electron chi connectivity index (χ0n) is 16.1. The lowest BCUT2D eigenvalue weighted by Crippen LogP contribution is -2.37. The highest BCUT2D eigenvalue weighted by Crippen LogP contribution is 2.29. The van der Waals surface area contributed by atoms with Gasteiger partial charge >= 0.3 is 0 Å². The third kappa shape index (κ3) is 4.90. The van der Waals surface area contributed by atoms with Crippen molar-refractivity contribution in [1.29, 1.82) is 0 Å². The van der Waals surface area contributed by atoms with Crippen LogP contribution in [0.25, 0.3) is 0 Å². The van der Waals surface area contributed by atoms with Gasteiger partial charge in [0.15, 0.2) is 9.84 Å². The van der Waals surface area contributed by atoms with Gasteiger partial charge in [0.2, 0.25) is 0 Å². The van der Waals surface area contributed by atoms with Crippen LogP contribution in [0.5, 0.6) is 0 Å². The van der Waals surface area contributed by atoms with Gasteiger partial charge in [0.1, 0.15) is 16.2 Å². The zero-order chi connectivity index (χ0) is 20.9. The summed E-state index contributed by atoms with van der Waals surface area (Å²) in [6.45, 7) is 5.72. The van der Waals surface area contributed by atoms with Gasteiger partial charge in [-0.15, -0.1) is 6.58 Å². The fourth-order valence-electron chi connectivity index (χ4n) is 3.04. The van der Waals surface area contributed by atoms with Gasteiger partial charge in [-0.25, -0.2) is 17.3 Å². The quantitative estimate of drug-likeness (QED) is 0.545. The van der Waals surface area contributed by atoms with Crippen molar-refractivity contribution in [3.05, 3.63) is 109 Å². The van der Waals surface area contributed by atoms with E-state index in [0.29, 0.717) is 4.90 Å². The minimum Gasteiger partial charge on any atom is -0.237 e. The molecule has 0 bridgehead atoms. The molecule has 0 aliphatic heterocycles. The highest BCUT2D eigenvalue weighted by molar-refractivity contribution is 7.92. The lowest BCUT2D eigenvalue weighted by Gasteiger charge is -2.26. The minimum absolute atomic E-state index is 0.203. The molecule has 3 rings (SSSR count). The monoisotopic (exact) mass is 425 g/mol. The summed E-state index contributed by atoms with van der Waals surface area (Å²) < 4.78 is 42.7. The van der Waals surface area contributed by atoms with Crippen LogP contribution < -0.4 is 4.72 Å². The molecule has 6 heteroatoms. The molecule has 0 unspecified atom stereocenters. The maximum absolute atomic E-state index is 13.3. The topological polar surface area (TPSA) is 63.2 Å². The molecule has 0 aliphatic rings. The van der Waals surface area contributed by atoms with E-state index >= 15 is 0 Å². The molecule has 3 atom stereocenters. The smallest absolute Gasteiger partial charge is 0.186 e. The number of hydrogen-bond donors (Lipinski definition) is 1. The summed E-state index contributed by atoms with van der Waals surface area (Å²) in [5, 5.41) is -0.998. The van der Waals surface area contributed by atoms with Crippen molar-refractivity contribution >= 4 is 20.8 Å². The van der Waals surface area contributed by atoms with Gasteiger partial charge in [0.25, 0.3) is 0 Å². The summed E-state index contributed by atoms with van der Waals surface area (Å²) in [5.74, 6) is 0. The van der Waals surface area contributed by atoms with Gasteiger partial charge < -0.3 is 0 Å². The molecule has 3 aromatic rings. The van der Waals surface area contributed by atoms with Crippen molar-refractivity contribution in [2.45, 2.75) is 28.0 Å². The SMILES string of the molecule is C=C[C@@H]([C@H](N[S@@](=O)c1ccc(C)cc1)c1ccccc1)S(=O)(=O)c1ccccc1. The van der Waals surface area contributed by atoms with Crippen molar-refractivity contribution in [2.24, 2.45) is 0 Å². The summed E-state index contributed by atoms with van der Waals surface area (Å²) in [7, 11) is -5.35. The number of nitrogens with one attached hydrogen (secondary N) is 1. The average molecular weight is 426 g/mol. The second-order valence-electron chi connectivity index (χ2n) is 6.65. The van der Waals surface area contributed by atoms with Crippen molar-refractivity contribution in [1.82, 2.24) is 4.72 Å². The van der Waals surface area contributed by atoms with E-state index in [-0.39, 0.29) is 4.90 Å². The Balaban J connectivity index is 2.01. The van der Waals surface area contributed by atoms with Crippen molar-refractivity contribution in [2.75, 3.05) is 0 Å². The molecule has 1 N–H and O–H groups in total. The third-order valence-corrected chi connectivity index (χ3v) is 7.90. The van der Waals surface area contributed by atoms with Crippen molar-refractivity contribution in [3.8, 4) is 0 Å². The van der Waals surface area contributed by atoms with Crippen LogP contribution in [-0.4, -0.2) is 17.9 Å². The van der Waals surface area contributed by atoms with Crippen LogP contribution >= 0.6 is 0 Å². The minimum atomic E-state index is -3.75. The molecule has 0 radical (unpaired) electrons. The Morgan fingerprint density at radius 2 is 1.45 bits per heavy atom. The first-order valence-electron chi connectivity index (χ1n) is 9.14. The first-order valence-corrected chi connectivity index (χ1v) is 11.8. The van der Waals surface area contributed by atoms with Crippen LogP contribution in [0, 0.1) is 6.92 Å². The molecule has 4 nitrogen and oxygen atoms in total. The Bertz CT molecular complexity index is 1080. The molecule has 0 amide bonds. The first-order chi connectivity index (χ1) is 13.9. The van der Waals surface area contributed by atoms with Gasteiger partial charge in [0, 0.05) is 0 Å². The van der Waals surface area contributed by atoms with E-state index in [0.717, 1.165) is 11.1 Å². The van der Waals surface area contributed by atoms with E-state index in [2.05, 4.69) is 11.3 Å². The molecular weight excluding hydrogens is 402 g/mol. The van der Waals surface area contributed by atoms with E-state index in [1.54, 1.807) is 42.5 Å². The Morgan fingerprint density at radius 3 is 2.00 bits per heavy atom. The molecule has 0 aliphatic carbocycles. The second kappa shape index (κ2) is 9.31. The lowest BCUT2D eigenvalue weighted by atomic mass is 10.0. The highest BCUT2D eigenvalue weighted by Gasteiger charge is 2.34. The predicted octanol–water partition coefficient (Wildman–Crippen LogP) is 4.38. The Labute approximate surface area is 174 Å². The van der Waals surface area contributed by atoms with E-state index in [1.165, 1.54) is 6.08 Å². The van der Waals surface area contributed by atoms with Gasteiger partial charge in [-0.2, -0.15) is 0 Å². The number of aryl methyl sites for hydroxylation is 1. The second-order valence-corrected chi connectivity index (χ2v) is 10.00. The van der Waals surface area contributed by atoms with Crippen LogP contribution in [0.2, 0.25) is 0 Å². The molecule has 150 valence electrons. The van der Waals surface area contributed by atoms with E-state index in [9.17, 15) is 12.6 Å². The summed E-state index contributed by atoms with van der Waals surface area (Å²) in [6, 6.07) is 24.0. The van der Waals surface area contributed by atoms with E-state index in [4.69, 9.17) is 0 Å². The molecule has 3 aromatic carbocycles. The largest absolute Gasteiger partial charge is 0.237 e. The number of sulfone groups is 1. The molecule has 0 aromatic heterocycles. The molecular formula is C23H23NO3S2. The molecule has 0 spiro atoms. The van der Waals surface area contributed by atoms with Gasteiger partial charge in [-0.05, 0) is 36.8 Å². The van der Waals surface area contributed by atoms with Gasteiger partial charge in [-0.1, -0.05) is 72.3 Å². The average Bonchev–Trinajstić information content (AvgIpc) is 2.75. The maximum Gasteiger partial charge on any atom is 0.186 e. The summed E-state index contributed by atoms with van der Waals surface area (Å²) in [6.07, 6.45) is 1.40. The van der Waals surface area contributed by atoms with Gasteiger partial charge in [-0.3, -0.25) is 0 Å². The third-order valence-electron chi connectivity index (χ3n) is 4.62. The number of benzene rings is 3. The van der Waals surface area contributed by atoms with Crippen LogP contribution in [0.1, 0.15) is 17.2 Å². The lowest BCUT2D eigenvalue weighted by molar-refractivity contribution is 0.564. The summed E-state index contributed by atoms with van der Waals surface area (Å²) in [4.78, 5) is 0.783. The summed E-state index contributed by atoms with van der Waals surface area (Å²) >= 11 is 0. The van der Waals surface area contributed by atoms with E-state index < -0.39 is 32.1 Å². The fourth-order valence-corrected chi connectivity index (χ4v) is 5.85. The Morgan fingerprint density at radius 1 is 0.897 bits per heavy atom. The fraction of sp³-hybridized carbons (Fsp3) is 0.130. The first kappa shape index (κ1) is 21.2. The Kier molecular flexibility index (Phi) is 6.79. The van der Waals surface area contributed by atoms with E-state index in [1.807, 2.05) is 49.4 Å². The number of hydrogen-bond acceptors (Lipinski definition) is 3. The van der Waals surface area contributed by atoms with Crippen molar-refractivity contribution < 1.29 is 12.6 Å². The normalized spacial score (nSPS) is 14.7. The van der Waals surface area contributed by atoms with Crippen LogP contribution in [0.15, 0.2) is 107 Å². The van der Waals surface area contributed by atoms with Gasteiger partial charge in [0.05, 0.1) is 15.8 Å². The highest BCUT2D eigenvalue weighted by atomic mass is 32.2. The molecule has 29 heavy (non-hydrogen) atoms. The van der Waals surface area contributed by atoms with Crippen molar-refractivity contribution in [3.63, 3.8) is 0 Å². The van der Waals surface area contributed by atoms with Crippen LogP contribution in [0.4, 0.5) is 0 Å². The molecule has 0 heterocycles. The van der Waals surface area contributed by atoms with Crippen LogP contribution in [-0.2, 0) is 20.8 Å². The van der Waals surface area contributed by atoms with Crippen LogP contribution in [0.3, 0.4) is 0 Å². The standard InChI is InChI=1S/C23H23NO3S2/c1-3-22(29(26,27)21-12-8-5-9-13-21)23(19-10-6-4-7-11-19)24-28(25)20-16-14-18(2)15-17-20/h3-17,22-24H,1H2,2H3/t22-,23+,28-/m0/s1. The molecule has 0 saturated carbocycles. The number of rotatable bonds is 8. The Hall–Kier alpha value is -2.54. The zero-order valence-corrected chi connectivity index (χ0v) is 17.7. The molecule has 0 fully saturated rings.